The third kappa shape index (κ3) is 4.31. The maximum absolute atomic E-state index is 13.6. The third-order valence-electron chi connectivity index (χ3n) is 3.49. The number of halogens is 3. The Labute approximate surface area is 153 Å². The van der Waals surface area contributed by atoms with Crippen molar-refractivity contribution in [2.45, 2.75) is 6.54 Å². The Morgan fingerprint density at radius 1 is 1.04 bits per heavy atom. The van der Waals surface area contributed by atoms with E-state index in [9.17, 15) is 13.6 Å². The number of hydrogen-bond donors (Lipinski definition) is 2. The Balaban J connectivity index is 1.70. The van der Waals surface area contributed by atoms with Crippen LogP contribution in [0.25, 0.3) is 0 Å². The molecule has 0 aliphatic carbocycles. The molecule has 132 valence electrons. The van der Waals surface area contributed by atoms with Crippen molar-refractivity contribution in [3.63, 3.8) is 0 Å². The van der Waals surface area contributed by atoms with Crippen LogP contribution in [0.4, 0.5) is 20.3 Å². The molecule has 3 rings (SSSR count). The maximum atomic E-state index is 13.6. The maximum Gasteiger partial charge on any atom is 0.274 e. The topological polar surface area (TPSA) is 66.9 Å². The van der Waals surface area contributed by atoms with Crippen molar-refractivity contribution in [3.05, 3.63) is 82.8 Å². The summed E-state index contributed by atoms with van der Waals surface area (Å²) in [5.74, 6) is -2.08. The van der Waals surface area contributed by atoms with Crippen molar-refractivity contribution in [2.75, 3.05) is 10.6 Å². The van der Waals surface area contributed by atoms with Crippen LogP contribution in [0.15, 0.2) is 54.9 Å². The molecule has 0 fully saturated rings. The summed E-state index contributed by atoms with van der Waals surface area (Å²) in [5, 5.41) is 5.85. The highest BCUT2D eigenvalue weighted by molar-refractivity contribution is 6.30. The molecule has 3 aromatic rings. The van der Waals surface area contributed by atoms with Crippen molar-refractivity contribution in [1.82, 2.24) is 9.97 Å². The fraction of sp³-hybridized carbons (Fsp3) is 0.0556. The zero-order valence-electron chi connectivity index (χ0n) is 13.3. The van der Waals surface area contributed by atoms with E-state index in [-0.39, 0.29) is 5.69 Å². The molecule has 0 saturated carbocycles. The molecule has 26 heavy (non-hydrogen) atoms. The summed E-state index contributed by atoms with van der Waals surface area (Å²) in [4.78, 5) is 20.1. The van der Waals surface area contributed by atoms with E-state index in [2.05, 4.69) is 20.6 Å². The van der Waals surface area contributed by atoms with Crippen molar-refractivity contribution < 1.29 is 13.6 Å². The van der Waals surface area contributed by atoms with Gasteiger partial charge in [0.2, 0.25) is 0 Å². The molecule has 0 radical (unpaired) electrons. The molecular formula is C18H13ClF2N4O. The van der Waals surface area contributed by atoms with Crippen LogP contribution >= 0.6 is 11.6 Å². The van der Waals surface area contributed by atoms with E-state index in [1.165, 1.54) is 18.5 Å². The Bertz CT molecular complexity index is 914. The van der Waals surface area contributed by atoms with Crippen LogP contribution in [0.1, 0.15) is 16.1 Å². The van der Waals surface area contributed by atoms with Gasteiger partial charge in [0, 0.05) is 17.6 Å². The number of nitrogens with one attached hydrogen (secondary N) is 2. The molecule has 0 spiro atoms. The molecule has 1 aromatic heterocycles. The van der Waals surface area contributed by atoms with Gasteiger partial charge in [-0.2, -0.15) is 0 Å². The van der Waals surface area contributed by atoms with Gasteiger partial charge in [0.05, 0.1) is 0 Å². The summed E-state index contributed by atoms with van der Waals surface area (Å²) in [6.07, 6.45) is 1.19. The SMILES string of the molecule is O=C(Nc1c(F)cccc1F)c1cc(NCc2ccc(Cl)cc2)ncn1. The average molecular weight is 375 g/mol. The van der Waals surface area contributed by atoms with Gasteiger partial charge in [0.1, 0.15) is 35.2 Å². The molecule has 5 nitrogen and oxygen atoms in total. The van der Waals surface area contributed by atoms with Crippen LogP contribution in [-0.4, -0.2) is 15.9 Å². The molecule has 2 N–H and O–H groups in total. The zero-order valence-corrected chi connectivity index (χ0v) is 14.1. The minimum atomic E-state index is -0.867. The van der Waals surface area contributed by atoms with E-state index in [4.69, 9.17) is 11.6 Å². The minimum Gasteiger partial charge on any atom is -0.366 e. The smallest absolute Gasteiger partial charge is 0.274 e. The van der Waals surface area contributed by atoms with Crippen molar-refractivity contribution in [3.8, 4) is 0 Å². The number of para-hydroxylation sites is 1. The van der Waals surface area contributed by atoms with E-state index in [0.717, 1.165) is 17.7 Å². The normalized spacial score (nSPS) is 10.4. The van der Waals surface area contributed by atoms with Crippen LogP contribution < -0.4 is 10.6 Å². The first kappa shape index (κ1) is 17.8. The van der Waals surface area contributed by atoms with Gasteiger partial charge < -0.3 is 10.6 Å². The molecule has 0 aliphatic heterocycles. The summed E-state index contributed by atoms with van der Waals surface area (Å²) < 4.78 is 27.3. The number of anilines is 2. The molecule has 2 aromatic carbocycles. The van der Waals surface area contributed by atoms with Gasteiger partial charge >= 0.3 is 0 Å². The lowest BCUT2D eigenvalue weighted by molar-refractivity contribution is 0.102. The van der Waals surface area contributed by atoms with Crippen molar-refractivity contribution in [2.24, 2.45) is 0 Å². The number of nitrogens with zero attached hydrogens (tertiary/aromatic N) is 2. The number of aromatic nitrogens is 2. The van der Waals surface area contributed by atoms with Gasteiger partial charge in [0.15, 0.2) is 0 Å². The van der Waals surface area contributed by atoms with Gasteiger partial charge in [-0.3, -0.25) is 4.79 Å². The summed E-state index contributed by atoms with van der Waals surface area (Å²) in [6.45, 7) is 0.456. The molecule has 1 heterocycles. The molecule has 8 heteroatoms. The quantitative estimate of drug-likeness (QED) is 0.699. The first-order valence-electron chi connectivity index (χ1n) is 7.58. The van der Waals surface area contributed by atoms with Gasteiger partial charge in [-0.1, -0.05) is 29.8 Å². The lowest BCUT2D eigenvalue weighted by Gasteiger charge is -2.09. The standard InChI is InChI=1S/C18H13ClF2N4O/c19-12-6-4-11(5-7-12)9-22-16-8-15(23-10-24-16)18(26)25-17-13(20)2-1-3-14(17)21/h1-8,10H,9H2,(H,25,26)(H,22,23,24). The third-order valence-corrected chi connectivity index (χ3v) is 3.74. The summed E-state index contributed by atoms with van der Waals surface area (Å²) >= 11 is 5.83. The van der Waals surface area contributed by atoms with Gasteiger partial charge in [-0.25, -0.2) is 18.7 Å². The fourth-order valence-corrected chi connectivity index (χ4v) is 2.29. The van der Waals surface area contributed by atoms with Crippen molar-refractivity contribution in [1.29, 1.82) is 0 Å². The second kappa shape index (κ2) is 7.88. The summed E-state index contributed by atoms with van der Waals surface area (Å²) in [5.41, 5.74) is 0.417. The molecule has 0 atom stereocenters. The number of benzene rings is 2. The fourth-order valence-electron chi connectivity index (χ4n) is 2.17. The lowest BCUT2D eigenvalue weighted by atomic mass is 10.2. The first-order valence-corrected chi connectivity index (χ1v) is 7.96. The number of carbonyl (C=O) groups excluding carboxylic acids is 1. The monoisotopic (exact) mass is 374 g/mol. The number of amides is 1. The Morgan fingerprint density at radius 3 is 2.42 bits per heavy atom. The highest BCUT2D eigenvalue weighted by Gasteiger charge is 2.15. The second-order valence-corrected chi connectivity index (χ2v) is 5.76. The Hall–Kier alpha value is -3.06. The molecular weight excluding hydrogens is 362 g/mol. The van der Waals surface area contributed by atoms with Gasteiger partial charge in [-0.05, 0) is 29.8 Å². The number of carbonyl (C=O) groups is 1. The largest absolute Gasteiger partial charge is 0.366 e. The first-order chi connectivity index (χ1) is 12.5. The summed E-state index contributed by atoms with van der Waals surface area (Å²) in [7, 11) is 0. The zero-order chi connectivity index (χ0) is 18.5. The van der Waals surface area contributed by atoms with E-state index in [1.54, 1.807) is 12.1 Å². The predicted molar refractivity (Wildman–Crippen MR) is 95.1 cm³/mol. The summed E-state index contributed by atoms with van der Waals surface area (Å²) in [6, 6.07) is 11.9. The Morgan fingerprint density at radius 2 is 1.73 bits per heavy atom. The lowest BCUT2D eigenvalue weighted by Crippen LogP contribution is -2.16. The van der Waals surface area contributed by atoms with Gasteiger partial charge in [0.25, 0.3) is 5.91 Å². The van der Waals surface area contributed by atoms with E-state index in [1.807, 2.05) is 12.1 Å². The predicted octanol–water partition coefficient (Wildman–Crippen LogP) is 4.27. The van der Waals surface area contributed by atoms with Crippen LogP contribution in [0.2, 0.25) is 5.02 Å². The molecule has 0 bridgehead atoms. The molecule has 1 amide bonds. The number of rotatable bonds is 5. The highest BCUT2D eigenvalue weighted by atomic mass is 35.5. The van der Waals surface area contributed by atoms with Crippen LogP contribution in [-0.2, 0) is 6.54 Å². The van der Waals surface area contributed by atoms with Crippen LogP contribution in [0.5, 0.6) is 0 Å². The average Bonchev–Trinajstić information content (AvgIpc) is 2.64. The van der Waals surface area contributed by atoms with E-state index >= 15 is 0 Å². The minimum absolute atomic E-state index is 0.0266. The number of hydrogen-bond acceptors (Lipinski definition) is 4. The van der Waals surface area contributed by atoms with Crippen LogP contribution in [0, 0.1) is 11.6 Å². The van der Waals surface area contributed by atoms with Crippen LogP contribution in [0.3, 0.4) is 0 Å². The van der Waals surface area contributed by atoms with Gasteiger partial charge in [-0.15, -0.1) is 0 Å². The Kier molecular flexibility index (Phi) is 5.38. The van der Waals surface area contributed by atoms with E-state index in [0.29, 0.717) is 17.4 Å². The molecule has 0 unspecified atom stereocenters. The van der Waals surface area contributed by atoms with E-state index < -0.39 is 23.2 Å². The molecule has 0 saturated heterocycles. The highest BCUT2D eigenvalue weighted by Crippen LogP contribution is 2.19. The van der Waals surface area contributed by atoms with Crippen molar-refractivity contribution >= 4 is 29.0 Å². The second-order valence-electron chi connectivity index (χ2n) is 5.32. The molecule has 0 aliphatic rings.